The van der Waals surface area contributed by atoms with Gasteiger partial charge in [-0.25, -0.2) is 0 Å². The maximum atomic E-state index is 12.1. The monoisotopic (exact) mass is 343 g/mol. The summed E-state index contributed by atoms with van der Waals surface area (Å²) >= 11 is 0. The number of aryl methyl sites for hydroxylation is 1. The maximum absolute atomic E-state index is 12.1. The Balaban J connectivity index is 1.47. The lowest BCUT2D eigenvalue weighted by Crippen LogP contribution is -2.41. The van der Waals surface area contributed by atoms with Gasteiger partial charge in [-0.1, -0.05) is 10.7 Å². The van der Waals surface area contributed by atoms with Crippen LogP contribution in [0, 0.1) is 12.8 Å². The molecule has 1 atom stereocenters. The average molecular weight is 343 g/mol. The van der Waals surface area contributed by atoms with Crippen molar-refractivity contribution in [2.24, 2.45) is 5.92 Å². The van der Waals surface area contributed by atoms with Crippen LogP contribution >= 0.6 is 0 Å². The third-order valence-electron chi connectivity index (χ3n) is 4.42. The molecule has 6 heteroatoms. The van der Waals surface area contributed by atoms with Crippen LogP contribution in [-0.4, -0.2) is 42.1 Å². The van der Waals surface area contributed by atoms with Crippen LogP contribution in [0.2, 0.25) is 0 Å². The van der Waals surface area contributed by atoms with E-state index in [1.54, 1.807) is 19.3 Å². The first-order chi connectivity index (χ1) is 12.1. The van der Waals surface area contributed by atoms with E-state index in [2.05, 4.69) is 28.4 Å². The molecule has 134 valence electrons. The lowest BCUT2D eigenvalue weighted by atomic mass is 9.97. The lowest BCUT2D eigenvalue weighted by molar-refractivity contribution is 0.0925. The Morgan fingerprint density at radius 3 is 3.12 bits per heavy atom. The van der Waals surface area contributed by atoms with E-state index in [-0.39, 0.29) is 5.91 Å². The van der Waals surface area contributed by atoms with Gasteiger partial charge in [0.2, 0.25) is 0 Å². The Hall–Kier alpha value is -2.34. The van der Waals surface area contributed by atoms with Crippen LogP contribution in [0.5, 0.6) is 0 Å². The summed E-state index contributed by atoms with van der Waals surface area (Å²) in [7, 11) is 0. The highest BCUT2D eigenvalue weighted by molar-refractivity contribution is 5.92. The molecule has 0 radical (unpaired) electrons. The fourth-order valence-corrected chi connectivity index (χ4v) is 3.28. The molecule has 1 amide bonds. The summed E-state index contributed by atoms with van der Waals surface area (Å²) < 4.78 is 10.3. The standard InChI is InChI=1S/C19H25N3O3/c1-14(9-17-6-4-8-24-17)12-22-7-3-5-16(13-22)11-20-19(23)18-10-15(2)25-21-18/h4,6,8-10,16H,3,5,7,11-13H2,1-2H3,(H,20,23). The summed E-state index contributed by atoms with van der Waals surface area (Å²) in [6.45, 7) is 7.58. The zero-order valence-corrected chi connectivity index (χ0v) is 14.8. The van der Waals surface area contributed by atoms with Crippen molar-refractivity contribution in [3.05, 3.63) is 47.2 Å². The number of hydrogen-bond donors (Lipinski definition) is 1. The third kappa shape index (κ3) is 5.06. The molecular formula is C19H25N3O3. The molecule has 1 N–H and O–H groups in total. The Morgan fingerprint density at radius 2 is 2.40 bits per heavy atom. The van der Waals surface area contributed by atoms with Gasteiger partial charge >= 0.3 is 0 Å². The number of likely N-dealkylation sites (tertiary alicyclic amines) is 1. The van der Waals surface area contributed by atoms with Crippen molar-refractivity contribution in [1.82, 2.24) is 15.4 Å². The minimum absolute atomic E-state index is 0.164. The van der Waals surface area contributed by atoms with E-state index in [0.717, 1.165) is 38.2 Å². The number of piperidine rings is 1. The van der Waals surface area contributed by atoms with Gasteiger partial charge < -0.3 is 14.3 Å². The molecule has 0 bridgehead atoms. The summed E-state index contributed by atoms with van der Waals surface area (Å²) in [5.74, 6) is 1.83. The largest absolute Gasteiger partial charge is 0.465 e. The van der Waals surface area contributed by atoms with Gasteiger partial charge in [0.15, 0.2) is 5.69 Å². The summed E-state index contributed by atoms with van der Waals surface area (Å²) in [6.07, 6.45) is 6.06. The predicted octanol–water partition coefficient (Wildman–Crippen LogP) is 3.12. The van der Waals surface area contributed by atoms with Crippen LogP contribution in [0.15, 0.2) is 39.0 Å². The molecule has 0 saturated carbocycles. The highest BCUT2D eigenvalue weighted by Crippen LogP contribution is 2.18. The number of nitrogens with one attached hydrogen (secondary N) is 1. The fraction of sp³-hybridized carbons (Fsp3) is 0.474. The van der Waals surface area contributed by atoms with Crippen molar-refractivity contribution in [3.63, 3.8) is 0 Å². The number of amides is 1. The van der Waals surface area contributed by atoms with E-state index in [9.17, 15) is 4.79 Å². The smallest absolute Gasteiger partial charge is 0.273 e. The molecule has 0 spiro atoms. The van der Waals surface area contributed by atoms with Gasteiger partial charge in [0, 0.05) is 25.7 Å². The minimum Gasteiger partial charge on any atom is -0.465 e. The van der Waals surface area contributed by atoms with E-state index in [1.165, 1.54) is 5.57 Å². The van der Waals surface area contributed by atoms with Crippen LogP contribution in [0.1, 0.15) is 41.8 Å². The normalized spacial score (nSPS) is 19.1. The number of rotatable bonds is 6. The second-order valence-electron chi connectivity index (χ2n) is 6.78. The number of furan rings is 1. The molecule has 1 unspecified atom stereocenters. The predicted molar refractivity (Wildman–Crippen MR) is 95.1 cm³/mol. The van der Waals surface area contributed by atoms with Crippen molar-refractivity contribution in [3.8, 4) is 0 Å². The van der Waals surface area contributed by atoms with Gasteiger partial charge in [-0.15, -0.1) is 0 Å². The second-order valence-corrected chi connectivity index (χ2v) is 6.78. The summed E-state index contributed by atoms with van der Waals surface area (Å²) in [5, 5.41) is 6.73. The highest BCUT2D eigenvalue weighted by atomic mass is 16.5. The lowest BCUT2D eigenvalue weighted by Gasteiger charge is -2.33. The van der Waals surface area contributed by atoms with Gasteiger partial charge in [-0.3, -0.25) is 9.69 Å². The Morgan fingerprint density at radius 1 is 1.52 bits per heavy atom. The topological polar surface area (TPSA) is 71.5 Å². The molecule has 6 nitrogen and oxygen atoms in total. The van der Waals surface area contributed by atoms with Crippen molar-refractivity contribution in [2.45, 2.75) is 26.7 Å². The molecule has 2 aromatic rings. The van der Waals surface area contributed by atoms with Crippen LogP contribution in [0.25, 0.3) is 6.08 Å². The van der Waals surface area contributed by atoms with E-state index < -0.39 is 0 Å². The number of aromatic nitrogens is 1. The molecule has 1 saturated heterocycles. The van der Waals surface area contributed by atoms with Crippen LogP contribution in [-0.2, 0) is 0 Å². The molecule has 2 aromatic heterocycles. The van der Waals surface area contributed by atoms with E-state index in [4.69, 9.17) is 8.94 Å². The van der Waals surface area contributed by atoms with Gasteiger partial charge in [0.1, 0.15) is 11.5 Å². The van der Waals surface area contributed by atoms with Crippen LogP contribution < -0.4 is 5.32 Å². The Bertz CT molecular complexity index is 718. The van der Waals surface area contributed by atoms with E-state index >= 15 is 0 Å². The van der Waals surface area contributed by atoms with E-state index in [0.29, 0.717) is 23.9 Å². The third-order valence-corrected chi connectivity index (χ3v) is 4.42. The first-order valence-corrected chi connectivity index (χ1v) is 8.74. The van der Waals surface area contributed by atoms with Gasteiger partial charge in [-0.2, -0.15) is 0 Å². The SMILES string of the molecule is CC(=Cc1ccco1)CN1CCCC(CNC(=O)c2cc(C)on2)C1. The first kappa shape index (κ1) is 17.5. The molecule has 25 heavy (non-hydrogen) atoms. The highest BCUT2D eigenvalue weighted by Gasteiger charge is 2.21. The quantitative estimate of drug-likeness (QED) is 0.872. The average Bonchev–Trinajstić information content (AvgIpc) is 3.24. The van der Waals surface area contributed by atoms with E-state index in [1.807, 2.05) is 12.1 Å². The molecule has 0 aromatic carbocycles. The van der Waals surface area contributed by atoms with Gasteiger partial charge in [0.05, 0.1) is 6.26 Å². The Labute approximate surface area is 147 Å². The molecule has 1 aliphatic rings. The zero-order chi connectivity index (χ0) is 17.6. The van der Waals surface area contributed by atoms with Crippen LogP contribution in [0.4, 0.5) is 0 Å². The molecule has 3 heterocycles. The number of carbonyl (C=O) groups is 1. The molecule has 1 aliphatic heterocycles. The van der Waals surface area contributed by atoms with Gasteiger partial charge in [-0.05, 0) is 57.4 Å². The number of carbonyl (C=O) groups excluding carboxylic acids is 1. The van der Waals surface area contributed by atoms with Crippen molar-refractivity contribution < 1.29 is 13.7 Å². The minimum atomic E-state index is -0.164. The Kier molecular flexibility index (Phi) is 5.71. The van der Waals surface area contributed by atoms with Crippen molar-refractivity contribution in [1.29, 1.82) is 0 Å². The summed E-state index contributed by atoms with van der Waals surface area (Å²) in [6, 6.07) is 5.52. The van der Waals surface area contributed by atoms with Gasteiger partial charge in [0.25, 0.3) is 5.91 Å². The second kappa shape index (κ2) is 8.16. The number of nitrogens with zero attached hydrogens (tertiary/aromatic N) is 2. The maximum Gasteiger partial charge on any atom is 0.273 e. The van der Waals surface area contributed by atoms with Crippen LogP contribution in [0.3, 0.4) is 0 Å². The number of hydrogen-bond acceptors (Lipinski definition) is 5. The van der Waals surface area contributed by atoms with Crippen molar-refractivity contribution >= 4 is 12.0 Å². The first-order valence-electron chi connectivity index (χ1n) is 8.74. The zero-order valence-electron chi connectivity index (χ0n) is 14.8. The molecule has 1 fully saturated rings. The molecule has 3 rings (SSSR count). The summed E-state index contributed by atoms with van der Waals surface area (Å²) in [5.41, 5.74) is 1.63. The molecular weight excluding hydrogens is 318 g/mol. The fourth-order valence-electron chi connectivity index (χ4n) is 3.28. The van der Waals surface area contributed by atoms with Crippen molar-refractivity contribution in [2.75, 3.05) is 26.2 Å². The molecule has 0 aliphatic carbocycles. The summed E-state index contributed by atoms with van der Waals surface area (Å²) in [4.78, 5) is 14.5.